The maximum atomic E-state index is 13.7. The van der Waals surface area contributed by atoms with Crippen molar-refractivity contribution in [1.29, 1.82) is 0 Å². The Balaban J connectivity index is 2.15. The molecule has 0 aliphatic carbocycles. The van der Waals surface area contributed by atoms with E-state index >= 15 is 0 Å². The summed E-state index contributed by atoms with van der Waals surface area (Å²) in [6.45, 7) is 0. The van der Waals surface area contributed by atoms with Crippen LogP contribution in [0.4, 0.5) is 4.39 Å². The normalized spacial score (nSPS) is 11.5. The van der Waals surface area contributed by atoms with Crippen molar-refractivity contribution in [3.8, 4) is 22.3 Å². The van der Waals surface area contributed by atoms with Crippen molar-refractivity contribution in [3.05, 3.63) is 63.6 Å². The van der Waals surface area contributed by atoms with Gasteiger partial charge in [-0.15, -0.1) is 11.3 Å². The van der Waals surface area contributed by atoms with Crippen LogP contribution in [-0.2, 0) is 21.2 Å². The number of nitrogens with one attached hydrogen (secondary N) is 1. The lowest BCUT2D eigenvalue weighted by Crippen LogP contribution is -2.18. The van der Waals surface area contributed by atoms with E-state index in [1.807, 2.05) is 0 Å². The second-order valence-electron chi connectivity index (χ2n) is 6.51. The number of hydrogen-bond acceptors (Lipinski definition) is 5. The SMILES string of the molecule is NS(=O)(=O)c1ccccc1-c1csc(CCCC(=O)NO)c1-c1ccc(F)c(Cl)c1. The highest BCUT2D eigenvalue weighted by atomic mass is 35.5. The molecule has 6 nitrogen and oxygen atoms in total. The summed E-state index contributed by atoms with van der Waals surface area (Å²) in [4.78, 5) is 12.2. The number of amides is 1. The van der Waals surface area contributed by atoms with Gasteiger partial charge in [0.05, 0.1) is 9.92 Å². The highest BCUT2D eigenvalue weighted by Crippen LogP contribution is 2.42. The van der Waals surface area contributed by atoms with Crippen molar-refractivity contribution in [2.45, 2.75) is 24.2 Å². The molecule has 0 aliphatic heterocycles. The summed E-state index contributed by atoms with van der Waals surface area (Å²) in [6.07, 6.45) is 1.05. The monoisotopic (exact) mass is 468 g/mol. The van der Waals surface area contributed by atoms with E-state index in [0.29, 0.717) is 35.1 Å². The Hall–Kier alpha value is -2.30. The molecule has 0 aliphatic rings. The second-order valence-corrected chi connectivity index (χ2v) is 9.41. The fraction of sp³-hybridized carbons (Fsp3) is 0.150. The van der Waals surface area contributed by atoms with Crippen molar-refractivity contribution >= 4 is 38.9 Å². The van der Waals surface area contributed by atoms with Crippen LogP contribution in [0.15, 0.2) is 52.7 Å². The van der Waals surface area contributed by atoms with Gasteiger partial charge in [-0.25, -0.2) is 23.4 Å². The quantitative estimate of drug-likeness (QED) is 0.353. The maximum Gasteiger partial charge on any atom is 0.243 e. The zero-order valence-corrected chi connectivity index (χ0v) is 18.0. The van der Waals surface area contributed by atoms with Crippen LogP contribution in [0.25, 0.3) is 22.3 Å². The molecule has 0 radical (unpaired) electrons. The number of carbonyl (C=O) groups excluding carboxylic acids is 1. The number of thiophene rings is 1. The number of hydroxylamine groups is 1. The largest absolute Gasteiger partial charge is 0.289 e. The van der Waals surface area contributed by atoms with Gasteiger partial charge in [-0.3, -0.25) is 10.0 Å². The highest BCUT2D eigenvalue weighted by Gasteiger charge is 2.21. The molecule has 0 fully saturated rings. The lowest BCUT2D eigenvalue weighted by Gasteiger charge is -2.12. The zero-order valence-electron chi connectivity index (χ0n) is 15.6. The minimum Gasteiger partial charge on any atom is -0.289 e. The Morgan fingerprint density at radius 3 is 2.60 bits per heavy atom. The topological polar surface area (TPSA) is 109 Å². The van der Waals surface area contributed by atoms with Crippen LogP contribution in [0.1, 0.15) is 17.7 Å². The first-order valence-electron chi connectivity index (χ1n) is 8.83. The molecule has 0 atom stereocenters. The molecule has 0 saturated carbocycles. The molecule has 0 spiro atoms. The first-order chi connectivity index (χ1) is 14.2. The van der Waals surface area contributed by atoms with Crippen LogP contribution in [0.2, 0.25) is 5.02 Å². The Morgan fingerprint density at radius 1 is 1.20 bits per heavy atom. The molecule has 30 heavy (non-hydrogen) atoms. The third kappa shape index (κ3) is 4.88. The van der Waals surface area contributed by atoms with Crippen molar-refractivity contribution < 1.29 is 22.8 Å². The summed E-state index contributed by atoms with van der Waals surface area (Å²) >= 11 is 7.37. The first-order valence-corrected chi connectivity index (χ1v) is 11.6. The van der Waals surface area contributed by atoms with Crippen LogP contribution in [-0.4, -0.2) is 19.5 Å². The molecule has 4 N–H and O–H groups in total. The molecule has 0 unspecified atom stereocenters. The number of nitrogens with two attached hydrogens (primary N) is 1. The van der Waals surface area contributed by atoms with Crippen LogP contribution in [0.5, 0.6) is 0 Å². The van der Waals surface area contributed by atoms with Gasteiger partial charge < -0.3 is 0 Å². The summed E-state index contributed by atoms with van der Waals surface area (Å²) in [5.41, 5.74) is 3.94. The molecular formula is C20H18ClFN2O4S2. The van der Waals surface area contributed by atoms with Gasteiger partial charge in [0, 0.05) is 28.0 Å². The molecular weight excluding hydrogens is 451 g/mol. The Kier molecular flexibility index (Phi) is 6.89. The summed E-state index contributed by atoms with van der Waals surface area (Å²) in [5, 5.41) is 15.8. The van der Waals surface area contributed by atoms with Crippen LogP contribution < -0.4 is 10.6 Å². The van der Waals surface area contributed by atoms with Crippen molar-refractivity contribution in [1.82, 2.24) is 5.48 Å². The summed E-state index contributed by atoms with van der Waals surface area (Å²) in [6, 6.07) is 10.6. The predicted molar refractivity (Wildman–Crippen MR) is 114 cm³/mol. The lowest BCUT2D eigenvalue weighted by atomic mass is 9.95. The Morgan fingerprint density at radius 2 is 1.93 bits per heavy atom. The molecule has 0 bridgehead atoms. The minimum atomic E-state index is -3.98. The van der Waals surface area contributed by atoms with E-state index in [4.69, 9.17) is 21.9 Å². The zero-order chi connectivity index (χ0) is 21.9. The number of carbonyl (C=O) groups is 1. The van der Waals surface area contributed by atoms with Crippen LogP contribution in [0.3, 0.4) is 0 Å². The molecule has 0 saturated heterocycles. The van der Waals surface area contributed by atoms with Crippen LogP contribution in [0, 0.1) is 5.82 Å². The Labute approximate surface area is 182 Å². The molecule has 3 rings (SSSR count). The third-order valence-corrected chi connectivity index (χ3v) is 6.80. The number of halogens is 2. The van der Waals surface area contributed by atoms with Gasteiger partial charge in [0.1, 0.15) is 5.82 Å². The number of benzene rings is 2. The third-order valence-electron chi connectivity index (χ3n) is 4.49. The fourth-order valence-corrected chi connectivity index (χ4v) is 5.20. The second kappa shape index (κ2) is 9.23. The van der Waals surface area contributed by atoms with Gasteiger partial charge in [0.15, 0.2) is 0 Å². The van der Waals surface area contributed by atoms with E-state index in [2.05, 4.69) is 0 Å². The number of primary sulfonamides is 1. The molecule has 158 valence electrons. The maximum absolute atomic E-state index is 13.7. The van der Waals surface area contributed by atoms with Gasteiger partial charge in [-0.05, 0) is 42.0 Å². The molecule has 1 aromatic heterocycles. The summed E-state index contributed by atoms with van der Waals surface area (Å²) < 4.78 is 37.9. The van der Waals surface area contributed by atoms with Crippen LogP contribution >= 0.6 is 22.9 Å². The molecule has 1 amide bonds. The van der Waals surface area contributed by atoms with Gasteiger partial charge >= 0.3 is 0 Å². The number of rotatable bonds is 7. The summed E-state index contributed by atoms with van der Waals surface area (Å²) in [5.74, 6) is -1.07. The van der Waals surface area contributed by atoms with Gasteiger partial charge in [-0.2, -0.15) is 0 Å². The molecule has 10 heteroatoms. The molecule has 2 aromatic carbocycles. The van der Waals surface area contributed by atoms with Gasteiger partial charge in [0.2, 0.25) is 15.9 Å². The number of aryl methyl sites for hydroxylation is 1. The van der Waals surface area contributed by atoms with E-state index in [1.165, 1.54) is 29.5 Å². The van der Waals surface area contributed by atoms with E-state index < -0.39 is 21.7 Å². The smallest absolute Gasteiger partial charge is 0.243 e. The first kappa shape index (κ1) is 22.4. The average molecular weight is 469 g/mol. The standard InChI is InChI=1S/C20H18ClFN2O4S2/c21-15-10-12(8-9-16(15)22)20-14(11-29-17(20)5-3-7-19(25)24-26)13-4-1-2-6-18(13)30(23,27)28/h1-2,4,6,8-11,26H,3,5,7H2,(H,24,25)(H2,23,27,28). The van der Waals surface area contributed by atoms with E-state index in [0.717, 1.165) is 4.88 Å². The van der Waals surface area contributed by atoms with Gasteiger partial charge in [0.25, 0.3) is 0 Å². The van der Waals surface area contributed by atoms with Crippen molar-refractivity contribution in [2.75, 3.05) is 0 Å². The molecule has 3 aromatic rings. The number of sulfonamides is 1. The fourth-order valence-electron chi connectivity index (χ4n) is 3.15. The molecule has 1 heterocycles. The minimum absolute atomic E-state index is 0.0246. The highest BCUT2D eigenvalue weighted by molar-refractivity contribution is 7.89. The summed E-state index contributed by atoms with van der Waals surface area (Å²) in [7, 11) is -3.98. The Bertz CT molecular complexity index is 1200. The van der Waals surface area contributed by atoms with Crippen molar-refractivity contribution in [3.63, 3.8) is 0 Å². The van der Waals surface area contributed by atoms with E-state index in [-0.39, 0.29) is 16.3 Å². The lowest BCUT2D eigenvalue weighted by molar-refractivity contribution is -0.129. The van der Waals surface area contributed by atoms with E-state index in [9.17, 15) is 17.6 Å². The van der Waals surface area contributed by atoms with Crippen molar-refractivity contribution in [2.24, 2.45) is 5.14 Å². The number of hydrogen-bond donors (Lipinski definition) is 3. The van der Waals surface area contributed by atoms with E-state index in [1.54, 1.807) is 35.1 Å². The van der Waals surface area contributed by atoms with Gasteiger partial charge in [-0.1, -0.05) is 35.9 Å². The average Bonchev–Trinajstić information content (AvgIpc) is 3.13. The predicted octanol–water partition coefficient (Wildman–Crippen LogP) is 4.35.